The van der Waals surface area contributed by atoms with E-state index in [9.17, 15) is 13.2 Å². The number of benzene rings is 1. The van der Waals surface area contributed by atoms with Crippen LogP contribution in [0, 0.1) is 17.5 Å². The second-order valence-electron chi connectivity index (χ2n) is 3.58. The first-order chi connectivity index (χ1) is 8.58. The molecule has 18 heavy (non-hydrogen) atoms. The number of rotatable bonds is 7. The fourth-order valence-corrected chi connectivity index (χ4v) is 2.30. The average molecular weight is 280 g/mol. The molecule has 1 aromatic carbocycles. The van der Waals surface area contributed by atoms with E-state index in [1.807, 2.05) is 0 Å². The van der Waals surface area contributed by atoms with E-state index in [-0.39, 0.29) is 18.6 Å². The standard InChI is InChI=1S/C11H15F3O3Si/c1-15-18(16-2)17-5-3-4-9-10(13)6-8(12)7-11(9)14/h6-7,18H,3-5H2,1-2H3. The maximum Gasteiger partial charge on any atom is 0.483 e. The molecular weight excluding hydrogens is 265 g/mol. The molecule has 1 aromatic rings. The Kier molecular flexibility index (Phi) is 6.34. The molecule has 0 atom stereocenters. The van der Waals surface area contributed by atoms with Gasteiger partial charge >= 0.3 is 9.53 Å². The summed E-state index contributed by atoms with van der Waals surface area (Å²) < 4.78 is 54.3. The van der Waals surface area contributed by atoms with E-state index in [1.165, 1.54) is 14.2 Å². The van der Waals surface area contributed by atoms with Gasteiger partial charge in [-0.15, -0.1) is 0 Å². The van der Waals surface area contributed by atoms with E-state index < -0.39 is 27.0 Å². The Bertz CT molecular complexity index is 363. The van der Waals surface area contributed by atoms with Crippen LogP contribution in [0.5, 0.6) is 0 Å². The first-order valence-electron chi connectivity index (χ1n) is 5.39. The second-order valence-corrected chi connectivity index (χ2v) is 5.44. The van der Waals surface area contributed by atoms with Crippen LogP contribution in [-0.2, 0) is 19.7 Å². The summed E-state index contributed by atoms with van der Waals surface area (Å²) in [5.41, 5.74) is -0.131. The van der Waals surface area contributed by atoms with Crippen LogP contribution in [0.15, 0.2) is 12.1 Å². The predicted octanol–water partition coefficient (Wildman–Crippen LogP) is 2.06. The second kappa shape index (κ2) is 7.52. The molecule has 0 bridgehead atoms. The molecule has 0 unspecified atom stereocenters. The quantitative estimate of drug-likeness (QED) is 0.565. The third kappa shape index (κ3) is 4.41. The molecule has 0 N–H and O–H groups in total. The van der Waals surface area contributed by atoms with Gasteiger partial charge in [-0.25, -0.2) is 13.2 Å². The van der Waals surface area contributed by atoms with Crippen molar-refractivity contribution in [3.8, 4) is 0 Å². The van der Waals surface area contributed by atoms with Crippen LogP contribution in [-0.4, -0.2) is 30.4 Å². The summed E-state index contributed by atoms with van der Waals surface area (Å²) in [4.78, 5) is 0. The lowest BCUT2D eigenvalue weighted by atomic mass is 10.1. The smallest absolute Gasteiger partial charge is 0.379 e. The van der Waals surface area contributed by atoms with E-state index in [1.54, 1.807) is 0 Å². The molecular formula is C11H15F3O3Si. The van der Waals surface area contributed by atoms with Crippen molar-refractivity contribution in [3.63, 3.8) is 0 Å². The van der Waals surface area contributed by atoms with Crippen LogP contribution in [0.1, 0.15) is 12.0 Å². The first kappa shape index (κ1) is 15.2. The van der Waals surface area contributed by atoms with Crippen molar-refractivity contribution in [2.24, 2.45) is 0 Å². The fourth-order valence-electron chi connectivity index (χ4n) is 1.47. The van der Waals surface area contributed by atoms with Gasteiger partial charge in [0.1, 0.15) is 17.5 Å². The van der Waals surface area contributed by atoms with Crippen molar-refractivity contribution < 1.29 is 26.4 Å². The molecule has 0 radical (unpaired) electrons. The SMILES string of the molecule is CO[SiH](OC)OCCCc1c(F)cc(F)cc1F. The van der Waals surface area contributed by atoms with E-state index in [4.69, 9.17) is 13.3 Å². The highest BCUT2D eigenvalue weighted by atomic mass is 28.3. The van der Waals surface area contributed by atoms with Crippen molar-refractivity contribution in [3.05, 3.63) is 35.1 Å². The molecule has 3 nitrogen and oxygen atoms in total. The largest absolute Gasteiger partial charge is 0.483 e. The molecule has 0 amide bonds. The van der Waals surface area contributed by atoms with Crippen molar-refractivity contribution in [1.82, 2.24) is 0 Å². The third-order valence-corrected chi connectivity index (χ3v) is 3.59. The lowest BCUT2D eigenvalue weighted by molar-refractivity contribution is 0.134. The Hall–Kier alpha value is -0.893. The molecule has 0 saturated carbocycles. The number of hydrogen-bond acceptors (Lipinski definition) is 3. The van der Waals surface area contributed by atoms with Gasteiger partial charge in [-0.2, -0.15) is 0 Å². The highest BCUT2D eigenvalue weighted by Crippen LogP contribution is 2.16. The van der Waals surface area contributed by atoms with Crippen LogP contribution < -0.4 is 0 Å². The summed E-state index contributed by atoms with van der Waals surface area (Å²) in [5.74, 6) is -2.67. The Balaban J connectivity index is 2.44. The van der Waals surface area contributed by atoms with Gasteiger partial charge < -0.3 is 13.3 Å². The van der Waals surface area contributed by atoms with Gasteiger partial charge in [0, 0.05) is 38.5 Å². The molecule has 0 fully saturated rings. The molecule has 1 rings (SSSR count). The van der Waals surface area contributed by atoms with Crippen LogP contribution in [0.2, 0.25) is 0 Å². The van der Waals surface area contributed by atoms with Crippen molar-refractivity contribution >= 4 is 9.53 Å². The number of hydrogen-bond donors (Lipinski definition) is 0. The monoisotopic (exact) mass is 280 g/mol. The topological polar surface area (TPSA) is 27.7 Å². The van der Waals surface area contributed by atoms with Crippen LogP contribution in [0.4, 0.5) is 13.2 Å². The summed E-state index contributed by atoms with van der Waals surface area (Å²) in [7, 11) is 0.846. The highest BCUT2D eigenvalue weighted by Gasteiger charge is 2.13. The Labute approximate surface area is 105 Å². The van der Waals surface area contributed by atoms with Gasteiger partial charge in [-0.05, 0) is 12.8 Å². The average Bonchev–Trinajstić information content (AvgIpc) is 2.32. The fraction of sp³-hybridized carbons (Fsp3) is 0.455. The summed E-state index contributed by atoms with van der Waals surface area (Å²) in [6.45, 7) is 0.273. The molecule has 0 saturated heterocycles. The zero-order chi connectivity index (χ0) is 13.5. The molecule has 0 spiro atoms. The summed E-state index contributed by atoms with van der Waals surface area (Å²) in [5, 5.41) is 0. The minimum atomic E-state index is -2.10. The molecule has 0 aliphatic rings. The van der Waals surface area contributed by atoms with E-state index in [2.05, 4.69) is 0 Å². The molecule has 0 heterocycles. The van der Waals surface area contributed by atoms with E-state index in [0.29, 0.717) is 18.6 Å². The number of halogens is 3. The zero-order valence-electron chi connectivity index (χ0n) is 10.2. The molecule has 0 aliphatic carbocycles. The maximum absolute atomic E-state index is 13.3. The van der Waals surface area contributed by atoms with E-state index >= 15 is 0 Å². The molecule has 0 aromatic heterocycles. The molecule has 102 valence electrons. The highest BCUT2D eigenvalue weighted by molar-refractivity contribution is 6.36. The van der Waals surface area contributed by atoms with Gasteiger partial charge in [0.05, 0.1) is 0 Å². The molecule has 0 aliphatic heterocycles. The first-order valence-corrected chi connectivity index (χ1v) is 6.80. The Morgan fingerprint density at radius 3 is 2.11 bits per heavy atom. The van der Waals surface area contributed by atoms with Gasteiger partial charge in [-0.3, -0.25) is 0 Å². The molecule has 7 heteroatoms. The zero-order valence-corrected chi connectivity index (χ0v) is 11.4. The normalized spacial score (nSPS) is 11.2. The van der Waals surface area contributed by atoms with Crippen molar-refractivity contribution in [1.29, 1.82) is 0 Å². The van der Waals surface area contributed by atoms with Crippen molar-refractivity contribution in [2.75, 3.05) is 20.8 Å². The summed E-state index contributed by atoms with van der Waals surface area (Å²) in [6, 6.07) is 1.34. The maximum atomic E-state index is 13.3. The minimum Gasteiger partial charge on any atom is -0.379 e. The van der Waals surface area contributed by atoms with Gasteiger partial charge in [0.15, 0.2) is 0 Å². The van der Waals surface area contributed by atoms with Gasteiger partial charge in [-0.1, -0.05) is 0 Å². The lowest BCUT2D eigenvalue weighted by Crippen LogP contribution is -2.24. The predicted molar refractivity (Wildman–Crippen MR) is 61.8 cm³/mol. The minimum absolute atomic E-state index is 0.131. The summed E-state index contributed by atoms with van der Waals surface area (Å²) in [6.07, 6.45) is 0.530. The summed E-state index contributed by atoms with van der Waals surface area (Å²) >= 11 is 0. The van der Waals surface area contributed by atoms with Gasteiger partial charge in [0.2, 0.25) is 0 Å². The van der Waals surface area contributed by atoms with E-state index in [0.717, 1.165) is 0 Å². The van der Waals surface area contributed by atoms with Crippen LogP contribution >= 0.6 is 0 Å². The van der Waals surface area contributed by atoms with Gasteiger partial charge in [0.25, 0.3) is 0 Å². The van der Waals surface area contributed by atoms with Crippen molar-refractivity contribution in [2.45, 2.75) is 12.8 Å². The lowest BCUT2D eigenvalue weighted by Gasteiger charge is -2.11. The Morgan fingerprint density at radius 2 is 1.61 bits per heavy atom. The van der Waals surface area contributed by atoms with Crippen LogP contribution in [0.3, 0.4) is 0 Å². The van der Waals surface area contributed by atoms with Crippen LogP contribution in [0.25, 0.3) is 0 Å². The Morgan fingerprint density at radius 1 is 1.06 bits per heavy atom. The third-order valence-electron chi connectivity index (χ3n) is 2.32.